The van der Waals surface area contributed by atoms with Gasteiger partial charge in [0, 0.05) is 28.9 Å². The molecule has 2 aromatic rings. The molecule has 162 valence electrons. The van der Waals surface area contributed by atoms with Gasteiger partial charge in [-0.3, -0.25) is 9.59 Å². The van der Waals surface area contributed by atoms with Crippen LogP contribution in [0.4, 0.5) is 23.2 Å². The zero-order valence-electron chi connectivity index (χ0n) is 17.5. The lowest BCUT2D eigenvalue weighted by atomic mass is 9.91. The molecule has 0 fully saturated rings. The predicted molar refractivity (Wildman–Crippen MR) is 108 cm³/mol. The molecule has 0 atom stereocenters. The topological polar surface area (TPSA) is 58.2 Å². The quantitative estimate of drug-likeness (QED) is 0.497. The average Bonchev–Trinajstić information content (AvgIpc) is 2.61. The van der Waals surface area contributed by atoms with E-state index in [4.69, 9.17) is 0 Å². The van der Waals surface area contributed by atoms with Gasteiger partial charge in [0.05, 0.1) is 0 Å². The van der Waals surface area contributed by atoms with Gasteiger partial charge in [0.25, 0.3) is 5.91 Å². The SMILES string of the molecule is CC(=O)c1c(C)cc(C)c(CNc2cc(C(=O)NCC(F)(F)F)cc(F)c2C)c1C. The first-order chi connectivity index (χ1) is 13.8. The highest BCUT2D eigenvalue weighted by molar-refractivity contribution is 5.97. The zero-order chi connectivity index (χ0) is 22.8. The van der Waals surface area contributed by atoms with Crippen molar-refractivity contribution in [1.29, 1.82) is 0 Å². The summed E-state index contributed by atoms with van der Waals surface area (Å²) in [5.74, 6) is -1.79. The summed E-state index contributed by atoms with van der Waals surface area (Å²) < 4.78 is 51.3. The average molecular weight is 424 g/mol. The molecular formula is C22H24F4N2O2. The van der Waals surface area contributed by atoms with E-state index in [2.05, 4.69) is 5.32 Å². The summed E-state index contributed by atoms with van der Waals surface area (Å²) in [6.45, 7) is 7.34. The fraction of sp³-hybridized carbons (Fsp3) is 0.364. The van der Waals surface area contributed by atoms with E-state index in [0.717, 1.165) is 28.3 Å². The number of carbonyl (C=O) groups excluding carboxylic acids is 2. The smallest absolute Gasteiger partial charge is 0.381 e. The number of amides is 1. The van der Waals surface area contributed by atoms with Crippen LogP contribution >= 0.6 is 0 Å². The van der Waals surface area contributed by atoms with Gasteiger partial charge >= 0.3 is 6.18 Å². The van der Waals surface area contributed by atoms with Crippen molar-refractivity contribution in [2.75, 3.05) is 11.9 Å². The third-order valence-corrected chi connectivity index (χ3v) is 4.99. The number of Topliss-reactive ketones (excluding diaryl/α,β-unsaturated/α-hetero) is 1. The standard InChI is InChI=1S/C22H24F4N2O2/c1-11-6-12(2)20(15(5)29)13(3)17(11)9-27-19-8-16(7-18(23)14(19)4)21(30)28-10-22(24,25)26/h6-8,27H,9-10H2,1-5H3,(H,28,30). The lowest BCUT2D eigenvalue weighted by molar-refractivity contribution is -0.123. The molecule has 0 aliphatic rings. The first kappa shape index (κ1) is 23.4. The maximum atomic E-state index is 14.3. The van der Waals surface area contributed by atoms with Crippen LogP contribution in [0.15, 0.2) is 18.2 Å². The summed E-state index contributed by atoms with van der Waals surface area (Å²) >= 11 is 0. The van der Waals surface area contributed by atoms with E-state index in [1.54, 1.807) is 5.32 Å². The number of carbonyl (C=O) groups is 2. The summed E-state index contributed by atoms with van der Waals surface area (Å²) in [5.41, 5.74) is 4.41. The third kappa shape index (κ3) is 5.37. The molecule has 1 amide bonds. The minimum atomic E-state index is -4.56. The van der Waals surface area contributed by atoms with Crippen LogP contribution < -0.4 is 10.6 Å². The second-order valence-electron chi connectivity index (χ2n) is 7.33. The van der Waals surface area contributed by atoms with Crippen molar-refractivity contribution in [3.05, 3.63) is 63.0 Å². The number of hydrogen-bond acceptors (Lipinski definition) is 3. The van der Waals surface area contributed by atoms with E-state index in [9.17, 15) is 27.2 Å². The van der Waals surface area contributed by atoms with Crippen molar-refractivity contribution >= 4 is 17.4 Å². The van der Waals surface area contributed by atoms with E-state index >= 15 is 0 Å². The number of benzene rings is 2. The summed E-state index contributed by atoms with van der Waals surface area (Å²) in [4.78, 5) is 24.0. The number of nitrogens with one attached hydrogen (secondary N) is 2. The van der Waals surface area contributed by atoms with Crippen LogP contribution in [-0.4, -0.2) is 24.4 Å². The Kier molecular flexibility index (Phi) is 6.90. The van der Waals surface area contributed by atoms with E-state index in [1.807, 2.05) is 26.8 Å². The van der Waals surface area contributed by atoms with Gasteiger partial charge in [0.15, 0.2) is 5.78 Å². The first-order valence-corrected chi connectivity index (χ1v) is 9.31. The number of halogens is 4. The summed E-state index contributed by atoms with van der Waals surface area (Å²) in [6.07, 6.45) is -4.56. The maximum absolute atomic E-state index is 14.3. The predicted octanol–water partition coefficient (Wildman–Crippen LogP) is 5.17. The van der Waals surface area contributed by atoms with Crippen molar-refractivity contribution in [3.63, 3.8) is 0 Å². The second kappa shape index (κ2) is 8.85. The van der Waals surface area contributed by atoms with Crippen molar-refractivity contribution in [1.82, 2.24) is 5.32 Å². The Hall–Kier alpha value is -2.90. The fourth-order valence-electron chi connectivity index (χ4n) is 3.50. The lowest BCUT2D eigenvalue weighted by Gasteiger charge is -2.18. The summed E-state index contributed by atoms with van der Waals surface area (Å²) in [5, 5.41) is 4.79. The normalized spacial score (nSPS) is 11.4. The number of ketones is 1. The molecule has 0 radical (unpaired) electrons. The zero-order valence-corrected chi connectivity index (χ0v) is 17.5. The molecule has 30 heavy (non-hydrogen) atoms. The highest BCUT2D eigenvalue weighted by Gasteiger charge is 2.28. The molecule has 4 nitrogen and oxygen atoms in total. The van der Waals surface area contributed by atoms with E-state index < -0.39 is 24.4 Å². The first-order valence-electron chi connectivity index (χ1n) is 9.31. The molecule has 0 saturated carbocycles. The van der Waals surface area contributed by atoms with Gasteiger partial charge in [0.1, 0.15) is 12.4 Å². The molecule has 0 heterocycles. The lowest BCUT2D eigenvalue weighted by Crippen LogP contribution is -2.33. The van der Waals surface area contributed by atoms with Crippen LogP contribution in [-0.2, 0) is 6.54 Å². The molecule has 0 aliphatic carbocycles. The van der Waals surface area contributed by atoms with Crippen molar-refractivity contribution in [2.24, 2.45) is 0 Å². The molecule has 8 heteroatoms. The fourth-order valence-corrected chi connectivity index (χ4v) is 3.50. The van der Waals surface area contributed by atoms with Gasteiger partial charge in [-0.05, 0) is 69.0 Å². The van der Waals surface area contributed by atoms with Crippen LogP contribution in [0.5, 0.6) is 0 Å². The number of aryl methyl sites for hydroxylation is 2. The summed E-state index contributed by atoms with van der Waals surface area (Å²) in [7, 11) is 0. The Bertz CT molecular complexity index is 998. The highest BCUT2D eigenvalue weighted by atomic mass is 19.4. The van der Waals surface area contributed by atoms with Crippen LogP contribution in [0.2, 0.25) is 0 Å². The molecule has 2 N–H and O–H groups in total. The van der Waals surface area contributed by atoms with Crippen molar-refractivity contribution < 1.29 is 27.2 Å². The minimum absolute atomic E-state index is 0.0585. The molecular weight excluding hydrogens is 400 g/mol. The largest absolute Gasteiger partial charge is 0.405 e. The number of anilines is 1. The van der Waals surface area contributed by atoms with Gasteiger partial charge in [-0.1, -0.05) is 6.07 Å². The Morgan fingerprint density at radius 1 is 0.967 bits per heavy atom. The van der Waals surface area contributed by atoms with Crippen molar-refractivity contribution in [2.45, 2.75) is 47.3 Å². The van der Waals surface area contributed by atoms with Crippen LogP contribution in [0.25, 0.3) is 0 Å². The molecule has 0 aromatic heterocycles. The van der Waals surface area contributed by atoms with Crippen molar-refractivity contribution in [3.8, 4) is 0 Å². The van der Waals surface area contributed by atoms with E-state index in [-0.39, 0.29) is 29.1 Å². The Morgan fingerprint density at radius 3 is 2.17 bits per heavy atom. The molecule has 2 aromatic carbocycles. The Morgan fingerprint density at radius 2 is 1.60 bits per heavy atom. The van der Waals surface area contributed by atoms with Gasteiger partial charge < -0.3 is 10.6 Å². The summed E-state index contributed by atoms with van der Waals surface area (Å²) in [6, 6.07) is 4.12. The number of rotatable bonds is 6. The molecule has 0 bridgehead atoms. The Labute approximate surface area is 172 Å². The molecule has 0 aliphatic heterocycles. The molecule has 0 unspecified atom stereocenters. The van der Waals surface area contributed by atoms with Crippen LogP contribution in [0.1, 0.15) is 55.5 Å². The van der Waals surface area contributed by atoms with Gasteiger partial charge in [-0.2, -0.15) is 13.2 Å². The van der Waals surface area contributed by atoms with E-state index in [1.165, 1.54) is 19.9 Å². The Balaban J connectivity index is 2.32. The number of alkyl halides is 3. The van der Waals surface area contributed by atoms with Crippen LogP contribution in [0.3, 0.4) is 0 Å². The van der Waals surface area contributed by atoms with Gasteiger partial charge in [0.2, 0.25) is 0 Å². The van der Waals surface area contributed by atoms with Gasteiger partial charge in [-0.25, -0.2) is 4.39 Å². The highest BCUT2D eigenvalue weighted by Crippen LogP contribution is 2.26. The molecule has 2 rings (SSSR count). The minimum Gasteiger partial charge on any atom is -0.381 e. The van der Waals surface area contributed by atoms with Crippen LogP contribution in [0, 0.1) is 33.5 Å². The monoisotopic (exact) mass is 424 g/mol. The van der Waals surface area contributed by atoms with E-state index in [0.29, 0.717) is 5.56 Å². The van der Waals surface area contributed by atoms with Gasteiger partial charge in [-0.15, -0.1) is 0 Å². The molecule has 0 spiro atoms. The maximum Gasteiger partial charge on any atom is 0.405 e. The number of hydrogen-bond donors (Lipinski definition) is 2. The molecule has 0 saturated heterocycles. The second-order valence-corrected chi connectivity index (χ2v) is 7.33. The third-order valence-electron chi connectivity index (χ3n) is 4.99.